The quantitative estimate of drug-likeness (QED) is 0.672. The van der Waals surface area contributed by atoms with Crippen LogP contribution < -0.4 is 14.5 Å². The van der Waals surface area contributed by atoms with Crippen molar-refractivity contribution in [3.8, 4) is 5.75 Å². The van der Waals surface area contributed by atoms with Gasteiger partial charge in [-0.3, -0.25) is 0 Å². The Kier molecular flexibility index (Phi) is 4.44. The van der Waals surface area contributed by atoms with Crippen LogP contribution in [-0.4, -0.2) is 43.3 Å². The SMILES string of the molecule is COc1ccccc1N1CCN(c2ncnc3cc(Br)ccc23)CC1. The molecular weight excluding hydrogens is 380 g/mol. The van der Waals surface area contributed by atoms with Gasteiger partial charge in [0.05, 0.1) is 18.3 Å². The minimum atomic E-state index is 0.917. The van der Waals surface area contributed by atoms with Crippen LogP contribution in [0.5, 0.6) is 5.75 Å². The van der Waals surface area contributed by atoms with Crippen LogP contribution in [0.4, 0.5) is 11.5 Å². The largest absolute Gasteiger partial charge is 0.495 e. The molecule has 0 amide bonds. The Morgan fingerprint density at radius 2 is 1.72 bits per heavy atom. The maximum Gasteiger partial charge on any atom is 0.142 e. The summed E-state index contributed by atoms with van der Waals surface area (Å²) < 4.78 is 6.53. The van der Waals surface area contributed by atoms with Crippen molar-refractivity contribution in [2.45, 2.75) is 0 Å². The van der Waals surface area contributed by atoms with Crippen LogP contribution in [0.15, 0.2) is 53.3 Å². The second kappa shape index (κ2) is 6.88. The molecule has 0 unspecified atom stereocenters. The monoisotopic (exact) mass is 398 g/mol. The molecule has 1 aliphatic heterocycles. The Labute approximate surface area is 155 Å². The number of rotatable bonds is 3. The minimum absolute atomic E-state index is 0.917. The van der Waals surface area contributed by atoms with E-state index in [-0.39, 0.29) is 0 Å². The van der Waals surface area contributed by atoms with Crippen LogP contribution in [-0.2, 0) is 0 Å². The number of benzene rings is 2. The summed E-state index contributed by atoms with van der Waals surface area (Å²) in [6.45, 7) is 3.70. The van der Waals surface area contributed by atoms with E-state index >= 15 is 0 Å². The highest BCUT2D eigenvalue weighted by Gasteiger charge is 2.21. The Hall–Kier alpha value is -2.34. The van der Waals surface area contributed by atoms with Gasteiger partial charge >= 0.3 is 0 Å². The van der Waals surface area contributed by atoms with Crippen molar-refractivity contribution >= 4 is 38.3 Å². The molecule has 1 fully saturated rings. The summed E-state index contributed by atoms with van der Waals surface area (Å²) in [5, 5.41) is 1.09. The summed E-state index contributed by atoms with van der Waals surface area (Å²) >= 11 is 3.51. The number of ether oxygens (including phenoxy) is 1. The average Bonchev–Trinajstić information content (AvgIpc) is 2.67. The number of aromatic nitrogens is 2. The van der Waals surface area contributed by atoms with E-state index in [0.717, 1.165) is 58.8 Å². The second-order valence-corrected chi connectivity index (χ2v) is 6.92. The van der Waals surface area contributed by atoms with E-state index in [9.17, 15) is 0 Å². The van der Waals surface area contributed by atoms with Crippen molar-refractivity contribution in [1.29, 1.82) is 0 Å². The van der Waals surface area contributed by atoms with Crippen LogP contribution in [0.3, 0.4) is 0 Å². The summed E-state index contributed by atoms with van der Waals surface area (Å²) in [4.78, 5) is 13.6. The van der Waals surface area contributed by atoms with E-state index in [1.807, 2.05) is 24.3 Å². The van der Waals surface area contributed by atoms with Crippen LogP contribution >= 0.6 is 15.9 Å². The van der Waals surface area contributed by atoms with Crippen molar-refractivity contribution in [2.75, 3.05) is 43.1 Å². The predicted octanol–water partition coefficient (Wildman–Crippen LogP) is 3.73. The summed E-state index contributed by atoms with van der Waals surface area (Å²) in [7, 11) is 1.72. The fraction of sp³-hybridized carbons (Fsp3) is 0.263. The number of anilines is 2. The van der Waals surface area contributed by atoms with Gasteiger partial charge in [-0.1, -0.05) is 28.1 Å². The molecule has 0 spiro atoms. The molecule has 0 N–H and O–H groups in total. The maximum absolute atomic E-state index is 5.50. The number of halogens is 1. The summed E-state index contributed by atoms with van der Waals surface area (Å²) in [5.74, 6) is 1.94. The number of nitrogens with zero attached hydrogens (tertiary/aromatic N) is 4. The van der Waals surface area contributed by atoms with Crippen molar-refractivity contribution in [2.24, 2.45) is 0 Å². The lowest BCUT2D eigenvalue weighted by molar-refractivity contribution is 0.413. The summed E-state index contributed by atoms with van der Waals surface area (Å²) in [5.41, 5.74) is 2.12. The van der Waals surface area contributed by atoms with Crippen molar-refractivity contribution in [1.82, 2.24) is 9.97 Å². The molecule has 1 aromatic heterocycles. The molecule has 6 heteroatoms. The van der Waals surface area contributed by atoms with Crippen LogP contribution in [0, 0.1) is 0 Å². The highest BCUT2D eigenvalue weighted by molar-refractivity contribution is 9.10. The predicted molar refractivity (Wildman–Crippen MR) is 105 cm³/mol. The molecule has 2 heterocycles. The maximum atomic E-state index is 5.50. The standard InChI is InChI=1S/C19H19BrN4O/c1-25-18-5-3-2-4-17(18)23-8-10-24(11-9-23)19-15-7-6-14(20)12-16(15)21-13-22-19/h2-7,12-13H,8-11H2,1H3. The number of fused-ring (bicyclic) bond motifs is 1. The molecule has 4 rings (SSSR count). The van der Waals surface area contributed by atoms with Gasteiger partial charge in [0, 0.05) is 36.0 Å². The Balaban J connectivity index is 1.56. The van der Waals surface area contributed by atoms with E-state index in [2.05, 4.69) is 53.9 Å². The fourth-order valence-corrected chi connectivity index (χ4v) is 3.67. The molecule has 1 aliphatic rings. The topological polar surface area (TPSA) is 41.5 Å². The minimum Gasteiger partial charge on any atom is -0.495 e. The van der Waals surface area contributed by atoms with Gasteiger partial charge in [0.15, 0.2) is 0 Å². The lowest BCUT2D eigenvalue weighted by Gasteiger charge is -2.37. The van der Waals surface area contributed by atoms with Gasteiger partial charge in [0.2, 0.25) is 0 Å². The van der Waals surface area contributed by atoms with Crippen LogP contribution in [0.2, 0.25) is 0 Å². The normalized spacial score (nSPS) is 14.8. The first-order chi connectivity index (χ1) is 12.3. The molecule has 2 aromatic carbocycles. The molecule has 0 bridgehead atoms. The number of para-hydroxylation sites is 2. The molecule has 128 valence electrons. The van der Waals surface area contributed by atoms with E-state index in [1.165, 1.54) is 0 Å². The second-order valence-electron chi connectivity index (χ2n) is 6.00. The van der Waals surface area contributed by atoms with Gasteiger partial charge in [-0.05, 0) is 30.3 Å². The lowest BCUT2D eigenvalue weighted by Crippen LogP contribution is -2.47. The average molecular weight is 399 g/mol. The van der Waals surface area contributed by atoms with Crippen LogP contribution in [0.1, 0.15) is 0 Å². The zero-order valence-electron chi connectivity index (χ0n) is 14.0. The molecule has 3 aromatic rings. The van der Waals surface area contributed by atoms with E-state index in [4.69, 9.17) is 4.74 Å². The molecule has 0 saturated carbocycles. The van der Waals surface area contributed by atoms with Gasteiger partial charge in [-0.2, -0.15) is 0 Å². The number of hydrogen-bond acceptors (Lipinski definition) is 5. The molecule has 25 heavy (non-hydrogen) atoms. The number of hydrogen-bond donors (Lipinski definition) is 0. The Morgan fingerprint density at radius 1 is 0.960 bits per heavy atom. The Bertz CT molecular complexity index is 893. The number of methoxy groups -OCH3 is 1. The molecular formula is C19H19BrN4O. The summed E-state index contributed by atoms with van der Waals surface area (Å²) in [6, 6.07) is 14.3. The van der Waals surface area contributed by atoms with E-state index in [1.54, 1.807) is 13.4 Å². The van der Waals surface area contributed by atoms with Crippen molar-refractivity contribution < 1.29 is 4.74 Å². The third-order valence-corrected chi connectivity index (χ3v) is 5.08. The first-order valence-electron chi connectivity index (χ1n) is 8.29. The molecule has 5 nitrogen and oxygen atoms in total. The van der Waals surface area contributed by atoms with Gasteiger partial charge in [-0.25, -0.2) is 9.97 Å². The number of piperazine rings is 1. The fourth-order valence-electron chi connectivity index (χ4n) is 3.32. The van der Waals surface area contributed by atoms with Gasteiger partial charge in [0.1, 0.15) is 17.9 Å². The zero-order chi connectivity index (χ0) is 17.2. The molecule has 1 saturated heterocycles. The highest BCUT2D eigenvalue weighted by Crippen LogP contribution is 2.30. The Morgan fingerprint density at radius 3 is 2.52 bits per heavy atom. The third-order valence-electron chi connectivity index (χ3n) is 4.58. The van der Waals surface area contributed by atoms with Crippen LogP contribution in [0.25, 0.3) is 10.9 Å². The van der Waals surface area contributed by atoms with Gasteiger partial charge in [-0.15, -0.1) is 0 Å². The molecule has 0 atom stereocenters. The third kappa shape index (κ3) is 3.14. The van der Waals surface area contributed by atoms with Gasteiger partial charge in [0.25, 0.3) is 0 Å². The van der Waals surface area contributed by atoms with Gasteiger partial charge < -0.3 is 14.5 Å². The van der Waals surface area contributed by atoms with E-state index in [0.29, 0.717) is 0 Å². The van der Waals surface area contributed by atoms with E-state index < -0.39 is 0 Å². The summed E-state index contributed by atoms with van der Waals surface area (Å²) in [6.07, 6.45) is 1.65. The molecule has 0 aliphatic carbocycles. The lowest BCUT2D eigenvalue weighted by atomic mass is 10.2. The molecule has 0 radical (unpaired) electrons. The highest BCUT2D eigenvalue weighted by atomic mass is 79.9. The smallest absolute Gasteiger partial charge is 0.142 e. The first-order valence-corrected chi connectivity index (χ1v) is 9.09. The zero-order valence-corrected chi connectivity index (χ0v) is 15.6. The van der Waals surface area contributed by atoms with Crippen molar-refractivity contribution in [3.05, 3.63) is 53.3 Å². The van der Waals surface area contributed by atoms with Crippen molar-refractivity contribution in [3.63, 3.8) is 0 Å². The first kappa shape index (κ1) is 16.1.